The summed E-state index contributed by atoms with van der Waals surface area (Å²) >= 11 is 9.04. The SMILES string of the molecule is CN(Cc1ccc(Br)o1)Cn1nc(-c2cccnc2)n(C2CC2)c1=S. The van der Waals surface area contributed by atoms with Crippen LogP contribution in [0.4, 0.5) is 0 Å². The van der Waals surface area contributed by atoms with Crippen LogP contribution in [0.2, 0.25) is 0 Å². The Hall–Kier alpha value is -1.77. The van der Waals surface area contributed by atoms with Crippen LogP contribution >= 0.6 is 28.1 Å². The monoisotopic (exact) mass is 419 g/mol. The molecule has 0 N–H and O–H groups in total. The fourth-order valence-electron chi connectivity index (χ4n) is 2.85. The molecule has 1 aliphatic carbocycles. The van der Waals surface area contributed by atoms with Crippen molar-refractivity contribution >= 4 is 28.1 Å². The molecule has 6 nitrogen and oxygen atoms in total. The normalized spacial score (nSPS) is 14.4. The van der Waals surface area contributed by atoms with Crippen molar-refractivity contribution in [3.63, 3.8) is 0 Å². The zero-order valence-corrected chi connectivity index (χ0v) is 16.2. The van der Waals surface area contributed by atoms with E-state index >= 15 is 0 Å². The Balaban J connectivity index is 1.60. The van der Waals surface area contributed by atoms with E-state index in [9.17, 15) is 0 Å². The molecule has 0 radical (unpaired) electrons. The molecule has 25 heavy (non-hydrogen) atoms. The molecule has 3 aromatic rings. The molecular weight excluding hydrogens is 402 g/mol. The Kier molecular flexibility index (Phi) is 4.58. The first kappa shape index (κ1) is 16.7. The van der Waals surface area contributed by atoms with Crippen molar-refractivity contribution in [2.45, 2.75) is 32.1 Å². The van der Waals surface area contributed by atoms with Crippen molar-refractivity contribution in [2.75, 3.05) is 7.05 Å². The van der Waals surface area contributed by atoms with Gasteiger partial charge in [-0.15, -0.1) is 0 Å². The molecule has 3 aromatic heterocycles. The van der Waals surface area contributed by atoms with Gasteiger partial charge in [0, 0.05) is 24.0 Å². The first-order chi connectivity index (χ1) is 12.1. The number of aromatic nitrogens is 4. The zero-order chi connectivity index (χ0) is 17.4. The summed E-state index contributed by atoms with van der Waals surface area (Å²) in [7, 11) is 2.03. The summed E-state index contributed by atoms with van der Waals surface area (Å²) in [4.78, 5) is 6.34. The minimum absolute atomic E-state index is 0.461. The fraction of sp³-hybridized carbons (Fsp3) is 0.353. The number of hydrogen-bond acceptors (Lipinski definition) is 5. The largest absolute Gasteiger partial charge is 0.453 e. The minimum Gasteiger partial charge on any atom is -0.453 e. The summed E-state index contributed by atoms with van der Waals surface area (Å²) < 4.78 is 11.1. The summed E-state index contributed by atoms with van der Waals surface area (Å²) in [6.45, 7) is 1.29. The van der Waals surface area contributed by atoms with E-state index in [-0.39, 0.29) is 0 Å². The van der Waals surface area contributed by atoms with Gasteiger partial charge < -0.3 is 4.42 Å². The average Bonchev–Trinajstić information content (AvgIpc) is 3.28. The lowest BCUT2D eigenvalue weighted by Crippen LogP contribution is -2.22. The number of rotatable bonds is 6. The third kappa shape index (κ3) is 3.61. The zero-order valence-electron chi connectivity index (χ0n) is 13.8. The van der Waals surface area contributed by atoms with Crippen LogP contribution in [0.1, 0.15) is 24.6 Å². The van der Waals surface area contributed by atoms with Crippen molar-refractivity contribution in [1.29, 1.82) is 0 Å². The molecule has 1 aliphatic rings. The van der Waals surface area contributed by atoms with Crippen molar-refractivity contribution in [3.05, 3.63) is 51.9 Å². The van der Waals surface area contributed by atoms with Crippen LogP contribution in [0.15, 0.2) is 45.7 Å². The van der Waals surface area contributed by atoms with Gasteiger partial charge in [-0.25, -0.2) is 4.68 Å². The summed E-state index contributed by atoms with van der Waals surface area (Å²) in [5.41, 5.74) is 0.997. The summed E-state index contributed by atoms with van der Waals surface area (Å²) in [6, 6.07) is 8.27. The molecule has 8 heteroatoms. The van der Waals surface area contributed by atoms with Crippen LogP contribution in [-0.2, 0) is 13.2 Å². The van der Waals surface area contributed by atoms with Gasteiger partial charge in [0.1, 0.15) is 5.76 Å². The predicted molar refractivity (Wildman–Crippen MR) is 100 cm³/mol. The van der Waals surface area contributed by atoms with Gasteiger partial charge in [0.05, 0.1) is 13.2 Å². The van der Waals surface area contributed by atoms with Crippen molar-refractivity contribution < 1.29 is 4.42 Å². The number of pyridine rings is 1. The van der Waals surface area contributed by atoms with E-state index in [2.05, 4.69) is 30.4 Å². The smallest absolute Gasteiger partial charge is 0.199 e. The molecule has 0 unspecified atom stereocenters. The lowest BCUT2D eigenvalue weighted by molar-refractivity contribution is 0.224. The standard InChI is InChI=1S/C17H18BrN5OS/c1-21(10-14-6-7-15(18)24-14)11-22-17(25)23(13-4-5-13)16(20-22)12-3-2-8-19-9-12/h2-3,6-9,13H,4-5,10-11H2,1H3. The van der Waals surface area contributed by atoms with Crippen molar-refractivity contribution in [1.82, 2.24) is 24.2 Å². The first-order valence-corrected chi connectivity index (χ1v) is 9.34. The Labute approximate surface area is 159 Å². The molecule has 130 valence electrons. The molecule has 0 aliphatic heterocycles. The van der Waals surface area contributed by atoms with E-state index in [4.69, 9.17) is 21.7 Å². The lowest BCUT2D eigenvalue weighted by atomic mass is 10.3. The second kappa shape index (κ2) is 6.86. The first-order valence-electron chi connectivity index (χ1n) is 8.14. The van der Waals surface area contributed by atoms with Crippen LogP contribution < -0.4 is 0 Å². The van der Waals surface area contributed by atoms with Gasteiger partial charge in [-0.1, -0.05) is 0 Å². The van der Waals surface area contributed by atoms with E-state index in [1.165, 1.54) is 0 Å². The maximum Gasteiger partial charge on any atom is 0.199 e. The van der Waals surface area contributed by atoms with E-state index in [0.717, 1.165) is 39.4 Å². The third-order valence-electron chi connectivity index (χ3n) is 4.13. The quantitative estimate of drug-likeness (QED) is 0.558. The average molecular weight is 420 g/mol. The van der Waals surface area contributed by atoms with Gasteiger partial charge in [-0.2, -0.15) is 5.10 Å². The van der Waals surface area contributed by atoms with Gasteiger partial charge in [0.25, 0.3) is 0 Å². The highest BCUT2D eigenvalue weighted by atomic mass is 79.9. The summed E-state index contributed by atoms with van der Waals surface area (Å²) in [6.07, 6.45) is 5.92. The molecule has 1 saturated carbocycles. The Bertz CT molecular complexity index is 928. The molecule has 0 aromatic carbocycles. The molecular formula is C17H18BrN5OS. The van der Waals surface area contributed by atoms with Gasteiger partial charge in [0.2, 0.25) is 0 Å². The topological polar surface area (TPSA) is 52.0 Å². The molecule has 4 rings (SSSR count). The highest BCUT2D eigenvalue weighted by Gasteiger charge is 2.29. The lowest BCUT2D eigenvalue weighted by Gasteiger charge is -2.14. The highest BCUT2D eigenvalue weighted by Crippen LogP contribution is 2.38. The van der Waals surface area contributed by atoms with Crippen molar-refractivity contribution in [2.24, 2.45) is 0 Å². The van der Waals surface area contributed by atoms with E-state index < -0.39 is 0 Å². The number of nitrogens with zero attached hydrogens (tertiary/aromatic N) is 5. The molecule has 3 heterocycles. The second-order valence-corrected chi connectivity index (χ2v) is 7.46. The maximum absolute atomic E-state index is 5.70. The minimum atomic E-state index is 0.461. The van der Waals surface area contributed by atoms with Crippen LogP contribution in [0.25, 0.3) is 11.4 Å². The van der Waals surface area contributed by atoms with Crippen LogP contribution in [-0.4, -0.2) is 31.3 Å². The number of halogens is 1. The molecule has 1 fully saturated rings. The third-order valence-corrected chi connectivity index (χ3v) is 4.97. The van der Waals surface area contributed by atoms with Gasteiger partial charge >= 0.3 is 0 Å². The Morgan fingerprint density at radius 2 is 2.20 bits per heavy atom. The van der Waals surface area contributed by atoms with Gasteiger partial charge in [0.15, 0.2) is 15.3 Å². The summed E-state index contributed by atoms with van der Waals surface area (Å²) in [5.74, 6) is 1.80. The maximum atomic E-state index is 5.70. The van der Waals surface area contributed by atoms with Crippen LogP contribution in [0, 0.1) is 4.77 Å². The van der Waals surface area contributed by atoms with E-state index in [0.29, 0.717) is 19.3 Å². The Morgan fingerprint density at radius 3 is 2.84 bits per heavy atom. The van der Waals surface area contributed by atoms with Crippen LogP contribution in [0.5, 0.6) is 0 Å². The highest BCUT2D eigenvalue weighted by molar-refractivity contribution is 9.10. The summed E-state index contributed by atoms with van der Waals surface area (Å²) in [5, 5.41) is 4.78. The van der Waals surface area contributed by atoms with E-state index in [1.807, 2.05) is 42.2 Å². The van der Waals surface area contributed by atoms with Gasteiger partial charge in [-0.05, 0) is 72.3 Å². The molecule has 0 atom stereocenters. The number of hydrogen-bond donors (Lipinski definition) is 0. The number of furan rings is 1. The second-order valence-electron chi connectivity index (χ2n) is 6.31. The predicted octanol–water partition coefficient (Wildman–Crippen LogP) is 4.26. The van der Waals surface area contributed by atoms with Crippen molar-refractivity contribution in [3.8, 4) is 11.4 Å². The van der Waals surface area contributed by atoms with E-state index in [1.54, 1.807) is 6.20 Å². The molecule has 0 spiro atoms. The molecule has 0 saturated heterocycles. The molecule has 0 amide bonds. The fourth-order valence-corrected chi connectivity index (χ4v) is 3.52. The van der Waals surface area contributed by atoms with Gasteiger partial charge in [-0.3, -0.25) is 14.5 Å². The van der Waals surface area contributed by atoms with Crippen LogP contribution in [0.3, 0.4) is 0 Å². The molecule has 0 bridgehead atoms. The Morgan fingerprint density at radius 1 is 1.36 bits per heavy atom.